The second kappa shape index (κ2) is 7.35. The van der Waals surface area contributed by atoms with E-state index in [1.807, 2.05) is 17.5 Å². The highest BCUT2D eigenvalue weighted by Gasteiger charge is 2.09. The third-order valence-corrected chi connectivity index (χ3v) is 4.53. The lowest BCUT2D eigenvalue weighted by atomic mass is 10.2. The van der Waals surface area contributed by atoms with Gasteiger partial charge in [-0.3, -0.25) is 9.78 Å². The fraction of sp³-hybridized carbons (Fsp3) is 0.118. The normalized spacial score (nSPS) is 10.5. The second-order valence-electron chi connectivity index (χ2n) is 4.87. The molecule has 4 nitrogen and oxygen atoms in total. The summed E-state index contributed by atoms with van der Waals surface area (Å²) in [6.07, 6.45) is 4.18. The van der Waals surface area contributed by atoms with E-state index in [9.17, 15) is 4.79 Å². The van der Waals surface area contributed by atoms with Crippen molar-refractivity contribution < 1.29 is 4.79 Å². The summed E-state index contributed by atoms with van der Waals surface area (Å²) in [5.74, 6) is -0.166. The number of carbonyl (C=O) groups excluding carboxylic acids is 1. The minimum atomic E-state index is -0.166. The van der Waals surface area contributed by atoms with Crippen molar-refractivity contribution in [3.63, 3.8) is 0 Å². The summed E-state index contributed by atoms with van der Waals surface area (Å²) in [6, 6.07) is 10.9. The van der Waals surface area contributed by atoms with Gasteiger partial charge in [-0.2, -0.15) is 0 Å². The van der Waals surface area contributed by atoms with Crippen molar-refractivity contribution >= 4 is 28.8 Å². The molecule has 0 saturated heterocycles. The number of aromatic nitrogens is 2. The van der Waals surface area contributed by atoms with E-state index in [4.69, 9.17) is 11.6 Å². The van der Waals surface area contributed by atoms with Crippen LogP contribution in [0.2, 0.25) is 5.02 Å². The van der Waals surface area contributed by atoms with Crippen LogP contribution in [0.4, 0.5) is 0 Å². The average molecular weight is 344 g/mol. The first kappa shape index (κ1) is 15.6. The minimum Gasteiger partial charge on any atom is -0.352 e. The Kier molecular flexibility index (Phi) is 5.00. The molecule has 6 heteroatoms. The molecule has 0 saturated carbocycles. The summed E-state index contributed by atoms with van der Waals surface area (Å²) in [6.45, 7) is 0.517. The van der Waals surface area contributed by atoms with Crippen LogP contribution in [0, 0.1) is 0 Å². The number of rotatable bonds is 5. The molecule has 0 unspecified atom stereocenters. The first-order valence-corrected chi connectivity index (χ1v) is 8.37. The molecule has 3 rings (SSSR count). The lowest BCUT2D eigenvalue weighted by Gasteiger charge is -2.05. The lowest BCUT2D eigenvalue weighted by Crippen LogP contribution is -2.26. The van der Waals surface area contributed by atoms with Crippen LogP contribution in [0.15, 0.2) is 54.2 Å². The molecule has 0 fully saturated rings. The molecule has 2 aromatic heterocycles. The van der Waals surface area contributed by atoms with Gasteiger partial charge in [0.05, 0.1) is 16.3 Å². The van der Waals surface area contributed by atoms with Gasteiger partial charge >= 0.3 is 0 Å². The number of benzene rings is 1. The van der Waals surface area contributed by atoms with Crippen LogP contribution in [0.25, 0.3) is 10.6 Å². The molecular formula is C17H14ClN3OS. The van der Waals surface area contributed by atoms with Crippen molar-refractivity contribution in [1.82, 2.24) is 15.3 Å². The number of carbonyl (C=O) groups is 1. The molecule has 23 heavy (non-hydrogen) atoms. The van der Waals surface area contributed by atoms with Crippen molar-refractivity contribution in [3.05, 3.63) is 70.5 Å². The highest BCUT2D eigenvalue weighted by molar-refractivity contribution is 7.13. The monoisotopic (exact) mass is 343 g/mol. The predicted molar refractivity (Wildman–Crippen MR) is 92.8 cm³/mol. The summed E-state index contributed by atoms with van der Waals surface area (Å²) in [5, 5.41) is 6.30. The van der Waals surface area contributed by atoms with Crippen LogP contribution in [-0.4, -0.2) is 22.4 Å². The fourth-order valence-electron chi connectivity index (χ4n) is 2.09. The summed E-state index contributed by atoms with van der Waals surface area (Å²) < 4.78 is 0. The number of hydrogen-bond acceptors (Lipinski definition) is 4. The largest absolute Gasteiger partial charge is 0.352 e. The van der Waals surface area contributed by atoms with E-state index in [2.05, 4.69) is 15.3 Å². The van der Waals surface area contributed by atoms with Crippen LogP contribution in [0.3, 0.4) is 0 Å². The molecule has 0 aliphatic rings. The molecule has 0 spiro atoms. The van der Waals surface area contributed by atoms with Crippen molar-refractivity contribution in [2.24, 2.45) is 0 Å². The maximum atomic E-state index is 12.1. The molecule has 0 aliphatic heterocycles. The number of thiazole rings is 1. The number of nitrogens with one attached hydrogen (secondary N) is 1. The topological polar surface area (TPSA) is 54.9 Å². The van der Waals surface area contributed by atoms with Gasteiger partial charge in [0.15, 0.2) is 0 Å². The van der Waals surface area contributed by atoms with E-state index in [1.54, 1.807) is 48.0 Å². The Morgan fingerprint density at radius 2 is 1.96 bits per heavy atom. The maximum Gasteiger partial charge on any atom is 0.252 e. The molecule has 0 aliphatic carbocycles. The Balaban J connectivity index is 1.56. The van der Waals surface area contributed by atoms with Gasteiger partial charge in [-0.15, -0.1) is 11.3 Å². The van der Waals surface area contributed by atoms with Crippen LogP contribution < -0.4 is 5.32 Å². The quantitative estimate of drug-likeness (QED) is 0.766. The summed E-state index contributed by atoms with van der Waals surface area (Å²) in [5.41, 5.74) is 2.50. The van der Waals surface area contributed by atoms with Gasteiger partial charge < -0.3 is 5.32 Å². The number of pyridine rings is 1. The van der Waals surface area contributed by atoms with E-state index in [0.29, 0.717) is 23.6 Å². The van der Waals surface area contributed by atoms with Crippen LogP contribution in [-0.2, 0) is 6.42 Å². The third kappa shape index (κ3) is 3.94. The van der Waals surface area contributed by atoms with E-state index in [1.165, 1.54) is 0 Å². The summed E-state index contributed by atoms with van der Waals surface area (Å²) in [7, 11) is 0. The number of hydrogen-bond donors (Lipinski definition) is 1. The highest BCUT2D eigenvalue weighted by Crippen LogP contribution is 2.22. The molecule has 3 aromatic rings. The molecule has 1 aromatic carbocycles. The SMILES string of the molecule is O=C(NCCc1csc(-c2ccncc2)n1)c1ccccc1Cl. The zero-order valence-electron chi connectivity index (χ0n) is 12.2. The molecule has 0 bridgehead atoms. The van der Waals surface area contributed by atoms with Crippen molar-refractivity contribution in [2.45, 2.75) is 6.42 Å². The second-order valence-corrected chi connectivity index (χ2v) is 6.13. The Morgan fingerprint density at radius 3 is 2.74 bits per heavy atom. The standard InChI is InChI=1S/C17H14ClN3OS/c18-15-4-2-1-3-14(15)16(22)20-10-7-13-11-23-17(21-13)12-5-8-19-9-6-12/h1-6,8-9,11H,7,10H2,(H,20,22). The van der Waals surface area contributed by atoms with Crippen LogP contribution in [0.5, 0.6) is 0 Å². The number of nitrogens with zero attached hydrogens (tertiary/aromatic N) is 2. The Morgan fingerprint density at radius 1 is 1.17 bits per heavy atom. The predicted octanol–water partition coefficient (Wildman–Crippen LogP) is 3.83. The number of halogens is 1. The lowest BCUT2D eigenvalue weighted by molar-refractivity contribution is 0.0954. The zero-order valence-corrected chi connectivity index (χ0v) is 13.8. The van der Waals surface area contributed by atoms with E-state index in [-0.39, 0.29) is 5.91 Å². The average Bonchev–Trinajstić information content (AvgIpc) is 3.05. The van der Waals surface area contributed by atoms with Crippen LogP contribution in [0.1, 0.15) is 16.1 Å². The van der Waals surface area contributed by atoms with Gasteiger partial charge in [0.2, 0.25) is 0 Å². The summed E-state index contributed by atoms with van der Waals surface area (Å²) in [4.78, 5) is 20.6. The molecular weight excluding hydrogens is 330 g/mol. The van der Waals surface area contributed by atoms with Gasteiger partial charge in [-0.05, 0) is 24.3 Å². The molecule has 1 amide bonds. The van der Waals surface area contributed by atoms with Gasteiger partial charge in [0.25, 0.3) is 5.91 Å². The summed E-state index contributed by atoms with van der Waals surface area (Å²) >= 11 is 7.60. The van der Waals surface area contributed by atoms with Crippen molar-refractivity contribution in [2.75, 3.05) is 6.54 Å². The zero-order chi connectivity index (χ0) is 16.1. The minimum absolute atomic E-state index is 0.166. The highest BCUT2D eigenvalue weighted by atomic mass is 35.5. The van der Waals surface area contributed by atoms with Gasteiger partial charge in [0.1, 0.15) is 5.01 Å². The molecule has 0 radical (unpaired) electrons. The molecule has 2 heterocycles. The maximum absolute atomic E-state index is 12.1. The van der Waals surface area contributed by atoms with Gasteiger partial charge in [-0.25, -0.2) is 4.98 Å². The van der Waals surface area contributed by atoms with Gasteiger partial charge in [0, 0.05) is 36.3 Å². The third-order valence-electron chi connectivity index (χ3n) is 3.26. The first-order chi connectivity index (χ1) is 11.2. The Hall–Kier alpha value is -2.24. The van der Waals surface area contributed by atoms with E-state index in [0.717, 1.165) is 16.3 Å². The Labute approximate surface area is 143 Å². The van der Waals surface area contributed by atoms with Crippen molar-refractivity contribution in [3.8, 4) is 10.6 Å². The van der Waals surface area contributed by atoms with Gasteiger partial charge in [-0.1, -0.05) is 23.7 Å². The van der Waals surface area contributed by atoms with Crippen molar-refractivity contribution in [1.29, 1.82) is 0 Å². The smallest absolute Gasteiger partial charge is 0.252 e. The number of amides is 1. The Bertz CT molecular complexity index is 804. The first-order valence-electron chi connectivity index (χ1n) is 7.11. The van der Waals surface area contributed by atoms with E-state index < -0.39 is 0 Å². The fourth-order valence-corrected chi connectivity index (χ4v) is 3.18. The molecule has 1 N–H and O–H groups in total. The molecule has 116 valence electrons. The van der Waals surface area contributed by atoms with E-state index >= 15 is 0 Å². The molecule has 0 atom stereocenters. The van der Waals surface area contributed by atoms with Crippen LogP contribution >= 0.6 is 22.9 Å².